The van der Waals surface area contributed by atoms with Crippen LogP contribution in [0.1, 0.15) is 41.6 Å². The molecule has 116 valence electrons. The Morgan fingerprint density at radius 2 is 2.14 bits per heavy atom. The van der Waals surface area contributed by atoms with Gasteiger partial charge in [-0.05, 0) is 57.3 Å². The van der Waals surface area contributed by atoms with Crippen molar-refractivity contribution in [2.75, 3.05) is 26.7 Å². The molecule has 1 aliphatic carbocycles. The normalized spacial score (nSPS) is 14.8. The standard InChI is InChI=1S/C17H26N2O2/c1-18-11-10-14-6-2-3-9-16(14)17(21)19(12-5-13-20)15-7-4-8-15/h2-3,6,9,15,18,20H,4-5,7-8,10-13H2,1H3. The van der Waals surface area contributed by atoms with Gasteiger partial charge in [0.1, 0.15) is 0 Å². The van der Waals surface area contributed by atoms with Crippen LogP contribution < -0.4 is 5.32 Å². The monoisotopic (exact) mass is 290 g/mol. The number of aliphatic hydroxyl groups excluding tert-OH is 1. The molecule has 0 unspecified atom stereocenters. The van der Waals surface area contributed by atoms with Gasteiger partial charge >= 0.3 is 0 Å². The highest BCUT2D eigenvalue weighted by atomic mass is 16.3. The van der Waals surface area contributed by atoms with E-state index in [2.05, 4.69) is 5.32 Å². The summed E-state index contributed by atoms with van der Waals surface area (Å²) < 4.78 is 0. The van der Waals surface area contributed by atoms with Gasteiger partial charge in [-0.2, -0.15) is 0 Å². The van der Waals surface area contributed by atoms with E-state index in [4.69, 9.17) is 5.11 Å². The number of nitrogens with one attached hydrogen (secondary N) is 1. The van der Waals surface area contributed by atoms with Gasteiger partial charge in [0.05, 0.1) is 0 Å². The Morgan fingerprint density at radius 1 is 1.38 bits per heavy atom. The van der Waals surface area contributed by atoms with Crippen molar-refractivity contribution in [2.24, 2.45) is 0 Å². The zero-order valence-electron chi connectivity index (χ0n) is 12.8. The van der Waals surface area contributed by atoms with Crippen LogP contribution in [0.25, 0.3) is 0 Å². The lowest BCUT2D eigenvalue weighted by Crippen LogP contribution is -2.45. The Bertz CT molecular complexity index is 458. The molecule has 0 aromatic heterocycles. The largest absolute Gasteiger partial charge is 0.396 e. The van der Waals surface area contributed by atoms with E-state index < -0.39 is 0 Å². The highest BCUT2D eigenvalue weighted by Crippen LogP contribution is 2.27. The molecule has 1 saturated carbocycles. The molecule has 0 heterocycles. The van der Waals surface area contributed by atoms with Crippen LogP contribution in [0.5, 0.6) is 0 Å². The third-order valence-electron chi connectivity index (χ3n) is 4.23. The molecule has 4 nitrogen and oxygen atoms in total. The Hall–Kier alpha value is -1.39. The molecular weight excluding hydrogens is 264 g/mol. The van der Waals surface area contributed by atoms with Crippen molar-refractivity contribution >= 4 is 5.91 Å². The molecule has 1 fully saturated rings. The molecule has 0 spiro atoms. The summed E-state index contributed by atoms with van der Waals surface area (Å²) in [5.41, 5.74) is 1.92. The lowest BCUT2D eigenvalue weighted by atomic mass is 9.90. The molecule has 1 amide bonds. The maximum atomic E-state index is 12.9. The van der Waals surface area contributed by atoms with Gasteiger partial charge in [-0.15, -0.1) is 0 Å². The number of benzene rings is 1. The topological polar surface area (TPSA) is 52.6 Å². The van der Waals surface area contributed by atoms with E-state index in [-0.39, 0.29) is 12.5 Å². The summed E-state index contributed by atoms with van der Waals surface area (Å²) >= 11 is 0. The SMILES string of the molecule is CNCCc1ccccc1C(=O)N(CCCO)C1CCC1. The van der Waals surface area contributed by atoms with Crippen LogP contribution in [0, 0.1) is 0 Å². The van der Waals surface area contributed by atoms with E-state index in [0.717, 1.165) is 36.9 Å². The molecule has 21 heavy (non-hydrogen) atoms. The van der Waals surface area contributed by atoms with Gasteiger partial charge in [0, 0.05) is 24.8 Å². The summed E-state index contributed by atoms with van der Waals surface area (Å²) in [6, 6.07) is 8.25. The fourth-order valence-corrected chi connectivity index (χ4v) is 2.75. The molecule has 0 saturated heterocycles. The fourth-order valence-electron chi connectivity index (χ4n) is 2.75. The number of likely N-dealkylation sites (N-methyl/N-ethyl adjacent to an activating group) is 1. The number of aliphatic hydroxyl groups is 1. The molecule has 2 rings (SSSR count). The number of carbonyl (C=O) groups is 1. The van der Waals surface area contributed by atoms with Crippen molar-refractivity contribution in [3.8, 4) is 0 Å². The summed E-state index contributed by atoms with van der Waals surface area (Å²) in [4.78, 5) is 14.9. The van der Waals surface area contributed by atoms with E-state index in [9.17, 15) is 4.79 Å². The molecule has 0 radical (unpaired) electrons. The average molecular weight is 290 g/mol. The highest BCUT2D eigenvalue weighted by Gasteiger charge is 2.29. The van der Waals surface area contributed by atoms with Gasteiger partial charge in [0.2, 0.25) is 0 Å². The Kier molecular flexibility index (Phi) is 6.21. The van der Waals surface area contributed by atoms with Crippen LogP contribution in [-0.4, -0.2) is 48.7 Å². The lowest BCUT2D eigenvalue weighted by Gasteiger charge is -2.38. The summed E-state index contributed by atoms with van der Waals surface area (Å²) in [6.45, 7) is 1.66. The lowest BCUT2D eigenvalue weighted by molar-refractivity contribution is 0.0561. The predicted octanol–water partition coefficient (Wildman–Crippen LogP) is 1.83. The smallest absolute Gasteiger partial charge is 0.254 e. The summed E-state index contributed by atoms with van der Waals surface area (Å²) in [6.07, 6.45) is 4.90. The Labute approximate surface area is 127 Å². The van der Waals surface area contributed by atoms with Gasteiger partial charge < -0.3 is 15.3 Å². The number of rotatable bonds is 8. The molecule has 0 aliphatic heterocycles. The third-order valence-corrected chi connectivity index (χ3v) is 4.23. The van der Waals surface area contributed by atoms with E-state index in [0.29, 0.717) is 19.0 Å². The number of hydrogen-bond acceptors (Lipinski definition) is 3. The molecule has 4 heteroatoms. The van der Waals surface area contributed by atoms with Gasteiger partial charge in [-0.3, -0.25) is 4.79 Å². The van der Waals surface area contributed by atoms with Crippen molar-refractivity contribution in [3.63, 3.8) is 0 Å². The van der Waals surface area contributed by atoms with Gasteiger partial charge in [-0.1, -0.05) is 18.2 Å². The van der Waals surface area contributed by atoms with Crippen LogP contribution in [0.3, 0.4) is 0 Å². The van der Waals surface area contributed by atoms with Crippen molar-refractivity contribution in [3.05, 3.63) is 35.4 Å². The van der Waals surface area contributed by atoms with Gasteiger partial charge in [0.15, 0.2) is 0 Å². The summed E-state index contributed by atoms with van der Waals surface area (Å²) in [5.74, 6) is 0.125. The first-order valence-corrected chi connectivity index (χ1v) is 7.92. The first-order chi connectivity index (χ1) is 10.3. The van der Waals surface area contributed by atoms with E-state index in [1.807, 2.05) is 36.2 Å². The van der Waals surface area contributed by atoms with Crippen molar-refractivity contribution in [1.82, 2.24) is 10.2 Å². The molecule has 1 aromatic rings. The van der Waals surface area contributed by atoms with Gasteiger partial charge in [0.25, 0.3) is 5.91 Å². The first-order valence-electron chi connectivity index (χ1n) is 7.92. The second-order valence-corrected chi connectivity index (χ2v) is 5.67. The second-order valence-electron chi connectivity index (χ2n) is 5.67. The van der Waals surface area contributed by atoms with Crippen molar-refractivity contribution in [1.29, 1.82) is 0 Å². The molecular formula is C17H26N2O2. The molecule has 1 aromatic carbocycles. The van der Waals surface area contributed by atoms with Crippen LogP contribution in [0.15, 0.2) is 24.3 Å². The van der Waals surface area contributed by atoms with Crippen LogP contribution in [0.4, 0.5) is 0 Å². The number of amides is 1. The van der Waals surface area contributed by atoms with E-state index >= 15 is 0 Å². The number of hydrogen-bond donors (Lipinski definition) is 2. The van der Waals surface area contributed by atoms with Crippen molar-refractivity contribution in [2.45, 2.75) is 38.1 Å². The number of nitrogens with zero attached hydrogens (tertiary/aromatic N) is 1. The van der Waals surface area contributed by atoms with E-state index in [1.165, 1.54) is 6.42 Å². The van der Waals surface area contributed by atoms with Crippen LogP contribution >= 0.6 is 0 Å². The fraction of sp³-hybridized carbons (Fsp3) is 0.588. The van der Waals surface area contributed by atoms with Gasteiger partial charge in [-0.25, -0.2) is 0 Å². The molecule has 0 bridgehead atoms. The van der Waals surface area contributed by atoms with Crippen molar-refractivity contribution < 1.29 is 9.90 Å². The zero-order valence-corrected chi connectivity index (χ0v) is 12.8. The van der Waals surface area contributed by atoms with Crippen LogP contribution in [-0.2, 0) is 6.42 Å². The van der Waals surface area contributed by atoms with Crippen LogP contribution in [0.2, 0.25) is 0 Å². The Morgan fingerprint density at radius 3 is 2.76 bits per heavy atom. The minimum Gasteiger partial charge on any atom is -0.396 e. The predicted molar refractivity (Wildman–Crippen MR) is 84.5 cm³/mol. The Balaban J connectivity index is 2.15. The maximum absolute atomic E-state index is 12.9. The third kappa shape index (κ3) is 4.05. The summed E-state index contributed by atoms with van der Waals surface area (Å²) in [7, 11) is 1.92. The average Bonchev–Trinajstić information content (AvgIpc) is 2.47. The minimum absolute atomic E-state index is 0.125. The van der Waals surface area contributed by atoms with E-state index in [1.54, 1.807) is 0 Å². The molecule has 0 atom stereocenters. The quantitative estimate of drug-likeness (QED) is 0.768. The zero-order chi connectivity index (χ0) is 15.1. The summed E-state index contributed by atoms with van der Waals surface area (Å²) in [5, 5.41) is 12.2. The minimum atomic E-state index is 0.125. The first kappa shape index (κ1) is 16.0. The second kappa shape index (κ2) is 8.15. The molecule has 1 aliphatic rings. The highest BCUT2D eigenvalue weighted by molar-refractivity contribution is 5.96. The molecule has 2 N–H and O–H groups in total. The maximum Gasteiger partial charge on any atom is 0.254 e. The number of carbonyl (C=O) groups excluding carboxylic acids is 1.